The SMILES string of the molecule is CCCn1c(=O)c2c(n(CCCOC)c1=O)N=C(c1ccc(N(CCCN3CCc4ccccc4C3=O)C(=O)c3ccc(F)c(F)c3)nc1)C2. The Hall–Kier alpha value is -5.30. The summed E-state index contributed by atoms with van der Waals surface area (Å²) in [6, 6.07) is 13.8. The lowest BCUT2D eigenvalue weighted by atomic mass is 9.99. The Labute approximate surface area is 287 Å². The van der Waals surface area contributed by atoms with E-state index < -0.39 is 23.2 Å². The van der Waals surface area contributed by atoms with E-state index in [-0.39, 0.29) is 35.8 Å². The summed E-state index contributed by atoms with van der Waals surface area (Å²) in [4.78, 5) is 65.8. The van der Waals surface area contributed by atoms with Crippen molar-refractivity contribution >= 4 is 29.2 Å². The van der Waals surface area contributed by atoms with Crippen molar-refractivity contribution in [3.05, 3.63) is 121 Å². The molecule has 50 heavy (non-hydrogen) atoms. The first-order valence-electron chi connectivity index (χ1n) is 16.7. The van der Waals surface area contributed by atoms with Gasteiger partial charge in [0.25, 0.3) is 17.4 Å². The number of pyridine rings is 1. The minimum Gasteiger partial charge on any atom is -0.385 e. The molecule has 260 valence electrons. The molecule has 2 aliphatic rings. The van der Waals surface area contributed by atoms with Gasteiger partial charge in [-0.1, -0.05) is 25.1 Å². The number of carbonyl (C=O) groups excluding carboxylic acids is 2. The Morgan fingerprint density at radius 1 is 0.960 bits per heavy atom. The number of rotatable bonds is 13. The van der Waals surface area contributed by atoms with Crippen LogP contribution in [0.2, 0.25) is 0 Å². The molecule has 2 amide bonds. The number of aliphatic imine (C=N–C) groups is 1. The van der Waals surface area contributed by atoms with Crippen molar-refractivity contribution in [2.75, 3.05) is 38.3 Å². The normalized spacial score (nSPS) is 13.6. The molecule has 0 spiro atoms. The molecule has 0 fully saturated rings. The van der Waals surface area contributed by atoms with Gasteiger partial charge in [0.2, 0.25) is 0 Å². The van der Waals surface area contributed by atoms with Gasteiger partial charge in [0.15, 0.2) is 11.6 Å². The number of carbonyl (C=O) groups is 2. The first-order chi connectivity index (χ1) is 24.2. The summed E-state index contributed by atoms with van der Waals surface area (Å²) in [5.41, 5.74) is 2.42. The molecule has 0 saturated heterocycles. The summed E-state index contributed by atoms with van der Waals surface area (Å²) in [6.45, 7) is 4.05. The second-order valence-corrected chi connectivity index (χ2v) is 12.3. The van der Waals surface area contributed by atoms with Gasteiger partial charge < -0.3 is 9.64 Å². The van der Waals surface area contributed by atoms with E-state index in [2.05, 4.69) is 4.98 Å². The maximum absolute atomic E-state index is 14.2. The van der Waals surface area contributed by atoms with Gasteiger partial charge in [-0.2, -0.15) is 0 Å². The summed E-state index contributed by atoms with van der Waals surface area (Å²) < 4.78 is 35.8. The third-order valence-electron chi connectivity index (χ3n) is 9.02. The van der Waals surface area contributed by atoms with Gasteiger partial charge in [0.1, 0.15) is 11.6 Å². The van der Waals surface area contributed by atoms with E-state index >= 15 is 0 Å². The molecule has 2 aromatic carbocycles. The first kappa shape index (κ1) is 34.6. The number of nitrogens with zero attached hydrogens (tertiary/aromatic N) is 6. The molecule has 2 aliphatic heterocycles. The van der Waals surface area contributed by atoms with Crippen LogP contribution in [-0.4, -0.2) is 69.9 Å². The van der Waals surface area contributed by atoms with Crippen LogP contribution >= 0.6 is 0 Å². The monoisotopic (exact) mass is 684 g/mol. The number of fused-ring (bicyclic) bond motifs is 2. The number of methoxy groups -OCH3 is 1. The number of amides is 2. The third-order valence-corrected chi connectivity index (χ3v) is 9.02. The van der Waals surface area contributed by atoms with Crippen molar-refractivity contribution in [2.45, 2.75) is 52.1 Å². The van der Waals surface area contributed by atoms with Gasteiger partial charge in [0.05, 0.1) is 11.3 Å². The largest absolute Gasteiger partial charge is 0.385 e. The first-order valence-corrected chi connectivity index (χ1v) is 16.7. The van der Waals surface area contributed by atoms with Crippen LogP contribution in [-0.2, 0) is 30.7 Å². The zero-order valence-corrected chi connectivity index (χ0v) is 28.0. The number of aromatic nitrogens is 3. The zero-order chi connectivity index (χ0) is 35.4. The van der Waals surface area contributed by atoms with Crippen molar-refractivity contribution in [2.24, 2.45) is 4.99 Å². The maximum atomic E-state index is 14.2. The van der Waals surface area contributed by atoms with E-state index in [1.807, 2.05) is 31.2 Å². The zero-order valence-electron chi connectivity index (χ0n) is 28.0. The highest BCUT2D eigenvalue weighted by atomic mass is 19.2. The van der Waals surface area contributed by atoms with Crippen molar-refractivity contribution in [3.8, 4) is 0 Å². The maximum Gasteiger partial charge on any atom is 0.332 e. The van der Waals surface area contributed by atoms with Gasteiger partial charge in [-0.25, -0.2) is 23.6 Å². The lowest BCUT2D eigenvalue weighted by Crippen LogP contribution is -2.41. The Morgan fingerprint density at radius 3 is 2.52 bits per heavy atom. The summed E-state index contributed by atoms with van der Waals surface area (Å²) in [6.07, 6.45) is 4.05. The third kappa shape index (κ3) is 6.90. The van der Waals surface area contributed by atoms with Crippen LogP contribution in [0.5, 0.6) is 0 Å². The number of halogens is 2. The predicted molar refractivity (Wildman–Crippen MR) is 185 cm³/mol. The molecule has 0 unspecified atom stereocenters. The Morgan fingerprint density at radius 2 is 1.78 bits per heavy atom. The van der Waals surface area contributed by atoms with Crippen LogP contribution in [0.25, 0.3) is 0 Å². The minimum absolute atomic E-state index is 0.0526. The van der Waals surface area contributed by atoms with E-state index in [0.717, 1.165) is 24.1 Å². The van der Waals surface area contributed by atoms with Crippen molar-refractivity contribution in [1.29, 1.82) is 0 Å². The molecule has 0 N–H and O–H groups in total. The molecule has 0 radical (unpaired) electrons. The highest BCUT2D eigenvalue weighted by Gasteiger charge is 2.28. The van der Waals surface area contributed by atoms with Gasteiger partial charge in [-0.3, -0.25) is 28.4 Å². The predicted octanol–water partition coefficient (Wildman–Crippen LogP) is 4.54. The number of ether oxygens (including phenoxy) is 1. The molecular formula is C37H38F2N6O5. The fourth-order valence-electron chi connectivity index (χ4n) is 6.45. The highest BCUT2D eigenvalue weighted by molar-refractivity contribution is 6.07. The fourth-order valence-corrected chi connectivity index (χ4v) is 6.45. The molecule has 11 nitrogen and oxygen atoms in total. The molecular weight excluding hydrogens is 646 g/mol. The van der Waals surface area contributed by atoms with Crippen LogP contribution in [0.3, 0.4) is 0 Å². The molecule has 13 heteroatoms. The highest BCUT2D eigenvalue weighted by Crippen LogP contribution is 2.27. The van der Waals surface area contributed by atoms with Crippen LogP contribution in [0.4, 0.5) is 20.4 Å². The van der Waals surface area contributed by atoms with Crippen LogP contribution in [0, 0.1) is 11.6 Å². The number of benzene rings is 2. The van der Waals surface area contributed by atoms with Crippen molar-refractivity contribution < 1.29 is 23.1 Å². The molecule has 4 aromatic rings. The molecule has 0 aliphatic carbocycles. The van der Waals surface area contributed by atoms with Gasteiger partial charge >= 0.3 is 5.69 Å². The smallest absolute Gasteiger partial charge is 0.332 e. The van der Waals surface area contributed by atoms with Gasteiger partial charge in [0, 0.05) is 75.7 Å². The second kappa shape index (κ2) is 15.1. The fraction of sp³-hybridized carbons (Fsp3) is 0.351. The van der Waals surface area contributed by atoms with Gasteiger partial charge in [-0.15, -0.1) is 0 Å². The molecule has 6 rings (SSSR count). The second-order valence-electron chi connectivity index (χ2n) is 12.3. The Kier molecular flexibility index (Phi) is 10.4. The average Bonchev–Trinajstić information content (AvgIpc) is 3.58. The van der Waals surface area contributed by atoms with Crippen LogP contribution in [0.1, 0.15) is 63.6 Å². The number of hydrogen-bond acceptors (Lipinski definition) is 7. The summed E-state index contributed by atoms with van der Waals surface area (Å²) in [5.74, 6) is -2.28. The van der Waals surface area contributed by atoms with Crippen molar-refractivity contribution in [3.63, 3.8) is 0 Å². The molecule has 2 aromatic heterocycles. The lowest BCUT2D eigenvalue weighted by Gasteiger charge is -2.29. The number of hydrogen-bond donors (Lipinski definition) is 0. The molecule has 0 saturated carbocycles. The van der Waals surface area contributed by atoms with E-state index in [4.69, 9.17) is 9.73 Å². The van der Waals surface area contributed by atoms with Crippen LogP contribution < -0.4 is 16.1 Å². The average molecular weight is 685 g/mol. The van der Waals surface area contributed by atoms with Crippen molar-refractivity contribution in [1.82, 2.24) is 19.0 Å². The summed E-state index contributed by atoms with van der Waals surface area (Å²) in [7, 11) is 1.58. The lowest BCUT2D eigenvalue weighted by molar-refractivity contribution is 0.0738. The summed E-state index contributed by atoms with van der Waals surface area (Å²) in [5, 5.41) is 0. The van der Waals surface area contributed by atoms with E-state index in [1.54, 1.807) is 24.1 Å². The van der Waals surface area contributed by atoms with E-state index in [9.17, 15) is 28.0 Å². The number of anilines is 1. The standard InChI is InChI=1S/C37H38F2N6O5/c1-3-15-45-36(48)28-22-31(41-33(28)44(37(45)49)18-7-20-50-2)26-11-13-32(40-23-26)43(34(46)25-10-12-29(38)30(39)21-25)17-6-16-42-19-14-24-8-4-5-9-27(24)35(42)47/h4-5,8-13,21,23H,3,6-7,14-20,22H2,1-2H3. The van der Waals surface area contributed by atoms with Gasteiger partial charge in [-0.05, 0) is 67.6 Å². The Bertz CT molecular complexity index is 2070. The summed E-state index contributed by atoms with van der Waals surface area (Å²) >= 11 is 0. The molecule has 0 bridgehead atoms. The van der Waals surface area contributed by atoms with Crippen LogP contribution in [0.15, 0.2) is 75.4 Å². The molecule has 4 heterocycles. The van der Waals surface area contributed by atoms with E-state index in [1.165, 1.54) is 26.3 Å². The van der Waals surface area contributed by atoms with E-state index in [0.29, 0.717) is 80.3 Å². The quantitative estimate of drug-likeness (QED) is 0.191. The minimum atomic E-state index is -1.14. The topological polar surface area (TPSA) is 119 Å². The Balaban J connectivity index is 1.25. The molecule has 0 atom stereocenters.